The second-order valence-corrected chi connectivity index (χ2v) is 13.6. The summed E-state index contributed by atoms with van der Waals surface area (Å²) in [5, 5.41) is 9.64. The van der Waals surface area contributed by atoms with Crippen LogP contribution in [0.3, 0.4) is 0 Å². The van der Waals surface area contributed by atoms with E-state index >= 15 is 0 Å². The fraction of sp³-hybridized carbons (Fsp3) is 0. The maximum atomic E-state index is 6.77. The van der Waals surface area contributed by atoms with Crippen LogP contribution in [0.15, 0.2) is 192 Å². The van der Waals surface area contributed by atoms with E-state index in [1.807, 2.05) is 0 Å². The molecular formula is C50H31NO. The lowest BCUT2D eigenvalue weighted by atomic mass is 9.84. The fourth-order valence-electron chi connectivity index (χ4n) is 8.64. The van der Waals surface area contributed by atoms with Gasteiger partial charge in [0.25, 0.3) is 0 Å². The molecule has 11 rings (SSSR count). The van der Waals surface area contributed by atoms with Crippen LogP contribution in [0.25, 0.3) is 104 Å². The Morgan fingerprint density at radius 1 is 0.346 bits per heavy atom. The molecule has 0 amide bonds. The molecule has 2 heterocycles. The molecule has 0 N–H and O–H groups in total. The predicted molar refractivity (Wildman–Crippen MR) is 219 cm³/mol. The van der Waals surface area contributed by atoms with Crippen molar-refractivity contribution in [3.05, 3.63) is 188 Å². The maximum Gasteiger partial charge on any atom is 0.136 e. The molecule has 11 aromatic rings. The third-order valence-corrected chi connectivity index (χ3v) is 10.8. The topological polar surface area (TPSA) is 18.1 Å². The summed E-state index contributed by atoms with van der Waals surface area (Å²) in [5.74, 6) is 0. The molecule has 0 saturated carbocycles. The first kappa shape index (κ1) is 28.9. The molecule has 0 bridgehead atoms. The summed E-state index contributed by atoms with van der Waals surface area (Å²) in [6.07, 6.45) is 0. The molecule has 0 atom stereocenters. The molecule has 52 heavy (non-hydrogen) atoms. The van der Waals surface area contributed by atoms with Crippen LogP contribution >= 0.6 is 0 Å². The highest BCUT2D eigenvalue weighted by atomic mass is 16.3. The minimum Gasteiger partial charge on any atom is -0.456 e. The summed E-state index contributed by atoms with van der Waals surface area (Å²) >= 11 is 0. The number of hydrogen-bond donors (Lipinski definition) is 0. The quantitative estimate of drug-likeness (QED) is 0.172. The summed E-state index contributed by atoms with van der Waals surface area (Å²) in [6, 6.07) is 67.9. The first-order valence-corrected chi connectivity index (χ1v) is 17.9. The number of nitrogens with zero attached hydrogens (tertiary/aromatic N) is 1. The minimum absolute atomic E-state index is 0.883. The van der Waals surface area contributed by atoms with Crippen molar-refractivity contribution in [3.8, 4) is 39.1 Å². The van der Waals surface area contributed by atoms with E-state index in [0.29, 0.717) is 0 Å². The average molecular weight is 662 g/mol. The number of rotatable bonds is 4. The van der Waals surface area contributed by atoms with Crippen LogP contribution in [0.2, 0.25) is 0 Å². The first-order chi connectivity index (χ1) is 25.8. The summed E-state index contributed by atoms with van der Waals surface area (Å²) < 4.78 is 9.19. The van der Waals surface area contributed by atoms with Gasteiger partial charge in [0.1, 0.15) is 11.2 Å². The lowest BCUT2D eigenvalue weighted by Crippen LogP contribution is -1.95. The van der Waals surface area contributed by atoms with E-state index in [4.69, 9.17) is 4.42 Å². The number of hydrogen-bond acceptors (Lipinski definition) is 1. The Balaban J connectivity index is 1.31. The number of furan rings is 1. The zero-order valence-electron chi connectivity index (χ0n) is 28.3. The van der Waals surface area contributed by atoms with Crippen LogP contribution in [0.1, 0.15) is 0 Å². The Labute approximate surface area is 300 Å². The largest absolute Gasteiger partial charge is 0.456 e. The molecule has 9 aromatic carbocycles. The molecule has 0 aliphatic carbocycles. The standard InChI is InChI=1S/C50H31NO/c1-3-16-32(17-4-1)47-37-21-7-9-23-39(37)48(40-24-10-8-22-38(40)47)43-30-33(31-46-49(43)42-25-12-14-29-45(42)52-46)35-26-15-27-41-36-20-11-13-28-44(36)51(50(35)41)34-18-5-2-6-19-34/h1-31H. The van der Waals surface area contributed by atoms with Gasteiger partial charge in [0.2, 0.25) is 0 Å². The average Bonchev–Trinajstić information content (AvgIpc) is 3.76. The van der Waals surface area contributed by atoms with E-state index in [0.717, 1.165) is 38.8 Å². The van der Waals surface area contributed by atoms with Crippen molar-refractivity contribution in [2.24, 2.45) is 0 Å². The Hall–Kier alpha value is -6.90. The molecule has 0 aliphatic rings. The van der Waals surface area contributed by atoms with Crippen molar-refractivity contribution in [1.82, 2.24) is 4.57 Å². The maximum absolute atomic E-state index is 6.77. The fourth-order valence-corrected chi connectivity index (χ4v) is 8.64. The highest BCUT2D eigenvalue weighted by Gasteiger charge is 2.23. The molecule has 0 unspecified atom stereocenters. The van der Waals surface area contributed by atoms with Crippen molar-refractivity contribution in [1.29, 1.82) is 0 Å². The van der Waals surface area contributed by atoms with Gasteiger partial charge in [-0.1, -0.05) is 152 Å². The van der Waals surface area contributed by atoms with Crippen LogP contribution in [-0.2, 0) is 0 Å². The van der Waals surface area contributed by atoms with Gasteiger partial charge in [0, 0.05) is 32.8 Å². The summed E-state index contributed by atoms with van der Waals surface area (Å²) in [4.78, 5) is 0. The van der Waals surface area contributed by atoms with Gasteiger partial charge in [-0.3, -0.25) is 0 Å². The zero-order valence-corrected chi connectivity index (χ0v) is 28.3. The van der Waals surface area contributed by atoms with Crippen LogP contribution in [-0.4, -0.2) is 4.57 Å². The Morgan fingerprint density at radius 3 is 1.62 bits per heavy atom. The van der Waals surface area contributed by atoms with Crippen LogP contribution < -0.4 is 0 Å². The Bertz CT molecular complexity index is 3110. The second kappa shape index (κ2) is 11.3. The van der Waals surface area contributed by atoms with Crippen molar-refractivity contribution < 1.29 is 4.42 Å². The highest BCUT2D eigenvalue weighted by Crippen LogP contribution is 2.49. The van der Waals surface area contributed by atoms with Gasteiger partial charge < -0.3 is 8.98 Å². The van der Waals surface area contributed by atoms with E-state index in [-0.39, 0.29) is 0 Å². The van der Waals surface area contributed by atoms with Crippen molar-refractivity contribution in [2.75, 3.05) is 0 Å². The van der Waals surface area contributed by atoms with E-state index in [9.17, 15) is 0 Å². The second-order valence-electron chi connectivity index (χ2n) is 13.6. The van der Waals surface area contributed by atoms with Gasteiger partial charge in [-0.25, -0.2) is 0 Å². The van der Waals surface area contributed by atoms with Crippen LogP contribution in [0, 0.1) is 0 Å². The minimum atomic E-state index is 0.883. The molecule has 0 radical (unpaired) electrons. The number of fused-ring (bicyclic) bond motifs is 8. The number of aromatic nitrogens is 1. The lowest BCUT2D eigenvalue weighted by molar-refractivity contribution is 0.669. The van der Waals surface area contributed by atoms with Gasteiger partial charge in [0.05, 0.1) is 11.0 Å². The molecule has 0 saturated heterocycles. The van der Waals surface area contributed by atoms with Crippen molar-refractivity contribution in [3.63, 3.8) is 0 Å². The summed E-state index contributed by atoms with van der Waals surface area (Å²) in [6.45, 7) is 0. The zero-order chi connectivity index (χ0) is 34.2. The normalized spacial score (nSPS) is 11.8. The number of benzene rings is 9. The van der Waals surface area contributed by atoms with Crippen molar-refractivity contribution in [2.45, 2.75) is 0 Å². The smallest absolute Gasteiger partial charge is 0.136 e. The van der Waals surface area contributed by atoms with Gasteiger partial charge >= 0.3 is 0 Å². The predicted octanol–water partition coefficient (Wildman–Crippen LogP) is 14.0. The highest BCUT2D eigenvalue weighted by molar-refractivity contribution is 6.26. The van der Waals surface area contributed by atoms with Gasteiger partial charge in [0.15, 0.2) is 0 Å². The molecule has 0 aliphatic heterocycles. The molecule has 242 valence electrons. The summed E-state index contributed by atoms with van der Waals surface area (Å²) in [5.41, 5.74) is 12.4. The monoisotopic (exact) mass is 661 g/mol. The Morgan fingerprint density at radius 2 is 0.904 bits per heavy atom. The molecule has 0 fully saturated rings. The Kier molecular flexibility index (Phi) is 6.28. The third-order valence-electron chi connectivity index (χ3n) is 10.8. The SMILES string of the molecule is c1ccc(-c2c3ccccc3c(-c3cc(-c4cccc5c6ccccc6n(-c6ccccc6)c45)cc4oc5ccccc5c34)c3ccccc23)cc1. The molecule has 2 aromatic heterocycles. The first-order valence-electron chi connectivity index (χ1n) is 17.9. The molecule has 2 nitrogen and oxygen atoms in total. The van der Waals surface area contributed by atoms with Gasteiger partial charge in [-0.05, 0) is 85.8 Å². The third kappa shape index (κ3) is 4.19. The lowest BCUT2D eigenvalue weighted by Gasteiger charge is -2.19. The van der Waals surface area contributed by atoms with Gasteiger partial charge in [-0.2, -0.15) is 0 Å². The van der Waals surface area contributed by atoms with E-state index < -0.39 is 0 Å². The van der Waals surface area contributed by atoms with E-state index in [2.05, 4.69) is 193 Å². The summed E-state index contributed by atoms with van der Waals surface area (Å²) in [7, 11) is 0. The van der Waals surface area contributed by atoms with Crippen LogP contribution in [0.5, 0.6) is 0 Å². The van der Waals surface area contributed by atoms with Gasteiger partial charge in [-0.15, -0.1) is 0 Å². The van der Waals surface area contributed by atoms with E-state index in [1.54, 1.807) is 0 Å². The molecule has 2 heteroatoms. The molecular weight excluding hydrogens is 631 g/mol. The number of para-hydroxylation sites is 4. The van der Waals surface area contributed by atoms with Crippen molar-refractivity contribution >= 4 is 65.3 Å². The van der Waals surface area contributed by atoms with E-state index in [1.165, 1.54) is 65.6 Å². The van der Waals surface area contributed by atoms with Crippen LogP contribution in [0.4, 0.5) is 0 Å². The molecule has 0 spiro atoms.